The minimum atomic E-state index is -0.0623. The maximum Gasteiger partial charge on any atom is 0.0951 e. The van der Waals surface area contributed by atoms with E-state index in [1.807, 2.05) is 24.3 Å². The van der Waals surface area contributed by atoms with E-state index in [1.54, 1.807) is 0 Å². The predicted octanol–water partition coefficient (Wildman–Crippen LogP) is 3.97. The molecule has 1 unspecified atom stereocenters. The van der Waals surface area contributed by atoms with E-state index >= 15 is 0 Å². The first kappa shape index (κ1) is 14.3. The molecule has 0 aliphatic carbocycles. The molecule has 0 spiro atoms. The minimum absolute atomic E-state index is 0.0623. The predicted molar refractivity (Wildman–Crippen MR) is 81.9 cm³/mol. The first-order valence-corrected chi connectivity index (χ1v) is 7.11. The number of benzene rings is 2. The van der Waals surface area contributed by atoms with Crippen molar-refractivity contribution in [2.45, 2.75) is 19.6 Å². The van der Waals surface area contributed by atoms with Gasteiger partial charge in [-0.3, -0.25) is 0 Å². The molecule has 0 aliphatic rings. The molecule has 1 atom stereocenters. The third-order valence-corrected chi connectivity index (χ3v) is 3.83. The van der Waals surface area contributed by atoms with Crippen molar-refractivity contribution in [1.82, 2.24) is 0 Å². The summed E-state index contributed by atoms with van der Waals surface area (Å²) in [5.41, 5.74) is 9.31. The van der Waals surface area contributed by atoms with Crippen LogP contribution in [0, 0.1) is 6.92 Å². The maximum absolute atomic E-state index is 5.93. The van der Waals surface area contributed by atoms with Gasteiger partial charge in [-0.1, -0.05) is 64.0 Å². The van der Waals surface area contributed by atoms with Gasteiger partial charge >= 0.3 is 0 Å². The van der Waals surface area contributed by atoms with E-state index in [4.69, 9.17) is 10.5 Å². The number of rotatable bonds is 5. The molecule has 2 aromatic carbocycles. The topological polar surface area (TPSA) is 35.2 Å². The highest BCUT2D eigenvalue weighted by atomic mass is 79.9. The average Bonchev–Trinajstić information content (AvgIpc) is 2.43. The second-order valence-corrected chi connectivity index (χ2v) is 5.39. The first-order valence-electron chi connectivity index (χ1n) is 6.32. The summed E-state index contributed by atoms with van der Waals surface area (Å²) in [5.74, 6) is 0. The van der Waals surface area contributed by atoms with Crippen LogP contribution in [-0.2, 0) is 11.3 Å². The Labute approximate surface area is 122 Å². The normalized spacial score (nSPS) is 12.4. The Bertz CT molecular complexity index is 525. The lowest BCUT2D eigenvalue weighted by Gasteiger charge is -2.17. The van der Waals surface area contributed by atoms with E-state index in [9.17, 15) is 0 Å². The molecule has 0 aliphatic heterocycles. The van der Waals surface area contributed by atoms with Gasteiger partial charge in [-0.25, -0.2) is 0 Å². The molecule has 0 fully saturated rings. The SMILES string of the molecule is Cc1ccc(C(CN)OCc2ccccc2Br)cc1. The number of hydrogen-bond donors (Lipinski definition) is 1. The third-order valence-electron chi connectivity index (χ3n) is 3.06. The first-order chi connectivity index (χ1) is 9.20. The highest BCUT2D eigenvalue weighted by Gasteiger charge is 2.10. The van der Waals surface area contributed by atoms with Crippen LogP contribution in [0.3, 0.4) is 0 Å². The third kappa shape index (κ3) is 3.90. The Hall–Kier alpha value is -1.16. The largest absolute Gasteiger partial charge is 0.367 e. The molecule has 0 saturated heterocycles. The molecule has 19 heavy (non-hydrogen) atoms. The van der Waals surface area contributed by atoms with Crippen LogP contribution < -0.4 is 5.73 Å². The molecule has 100 valence electrons. The van der Waals surface area contributed by atoms with Crippen LogP contribution in [0.15, 0.2) is 53.0 Å². The molecular weight excluding hydrogens is 302 g/mol. The maximum atomic E-state index is 5.93. The molecule has 2 rings (SSSR count). The lowest BCUT2D eigenvalue weighted by atomic mass is 10.1. The molecule has 0 bridgehead atoms. The Morgan fingerprint density at radius 3 is 2.42 bits per heavy atom. The van der Waals surface area contributed by atoms with E-state index in [0.29, 0.717) is 13.2 Å². The number of ether oxygens (including phenoxy) is 1. The van der Waals surface area contributed by atoms with Crippen LogP contribution in [-0.4, -0.2) is 6.54 Å². The molecule has 0 saturated carbocycles. The van der Waals surface area contributed by atoms with Gasteiger partial charge in [0.2, 0.25) is 0 Å². The zero-order valence-electron chi connectivity index (χ0n) is 11.0. The Balaban J connectivity index is 2.04. The van der Waals surface area contributed by atoms with Crippen molar-refractivity contribution >= 4 is 15.9 Å². The molecule has 3 heteroatoms. The molecular formula is C16H18BrNO. The Morgan fingerprint density at radius 2 is 1.79 bits per heavy atom. The smallest absolute Gasteiger partial charge is 0.0951 e. The summed E-state index contributed by atoms with van der Waals surface area (Å²) < 4.78 is 6.99. The van der Waals surface area contributed by atoms with Gasteiger partial charge < -0.3 is 10.5 Å². The summed E-state index contributed by atoms with van der Waals surface area (Å²) in [7, 11) is 0. The Kier molecular flexibility index (Phi) is 5.14. The van der Waals surface area contributed by atoms with Crippen LogP contribution in [0.1, 0.15) is 22.8 Å². The second-order valence-electron chi connectivity index (χ2n) is 4.54. The minimum Gasteiger partial charge on any atom is -0.367 e. The fourth-order valence-electron chi connectivity index (χ4n) is 1.89. The standard InChI is InChI=1S/C16H18BrNO/c1-12-6-8-13(9-7-12)16(10-18)19-11-14-4-2-3-5-15(14)17/h2-9,16H,10-11,18H2,1H3. The van der Waals surface area contributed by atoms with Crippen molar-refractivity contribution in [3.63, 3.8) is 0 Å². The van der Waals surface area contributed by atoms with Crippen LogP contribution in [0.2, 0.25) is 0 Å². The second kappa shape index (κ2) is 6.85. The molecule has 2 nitrogen and oxygen atoms in total. The average molecular weight is 320 g/mol. The number of halogens is 1. The number of nitrogens with two attached hydrogens (primary N) is 1. The van der Waals surface area contributed by atoms with Crippen LogP contribution in [0.4, 0.5) is 0 Å². The van der Waals surface area contributed by atoms with Crippen molar-refractivity contribution in [2.75, 3.05) is 6.54 Å². The van der Waals surface area contributed by atoms with Gasteiger partial charge in [-0.2, -0.15) is 0 Å². The van der Waals surface area contributed by atoms with E-state index < -0.39 is 0 Å². The van der Waals surface area contributed by atoms with Gasteiger partial charge in [0.1, 0.15) is 0 Å². The molecule has 2 N–H and O–H groups in total. The van der Waals surface area contributed by atoms with Crippen LogP contribution in [0.5, 0.6) is 0 Å². The fourth-order valence-corrected chi connectivity index (χ4v) is 2.29. The van der Waals surface area contributed by atoms with E-state index in [1.165, 1.54) is 5.56 Å². The monoisotopic (exact) mass is 319 g/mol. The van der Waals surface area contributed by atoms with Crippen molar-refractivity contribution < 1.29 is 4.74 Å². The summed E-state index contributed by atoms with van der Waals surface area (Å²) in [6.07, 6.45) is -0.0623. The lowest BCUT2D eigenvalue weighted by Crippen LogP contribution is -2.16. The summed E-state index contributed by atoms with van der Waals surface area (Å²) >= 11 is 3.52. The van der Waals surface area contributed by atoms with Crippen molar-refractivity contribution in [2.24, 2.45) is 5.73 Å². The number of hydrogen-bond acceptors (Lipinski definition) is 2. The van der Waals surface area contributed by atoms with Gasteiger partial charge in [-0.05, 0) is 24.1 Å². The molecule has 0 amide bonds. The molecule has 0 aromatic heterocycles. The summed E-state index contributed by atoms with van der Waals surface area (Å²) in [4.78, 5) is 0. The van der Waals surface area contributed by atoms with E-state index in [-0.39, 0.29) is 6.10 Å². The number of aryl methyl sites for hydroxylation is 1. The zero-order chi connectivity index (χ0) is 13.7. The van der Waals surface area contributed by atoms with Gasteiger partial charge in [-0.15, -0.1) is 0 Å². The van der Waals surface area contributed by atoms with Crippen molar-refractivity contribution in [3.05, 3.63) is 69.7 Å². The highest BCUT2D eigenvalue weighted by Crippen LogP contribution is 2.22. The van der Waals surface area contributed by atoms with Gasteiger partial charge in [0.15, 0.2) is 0 Å². The quantitative estimate of drug-likeness (QED) is 0.904. The molecule has 0 radical (unpaired) electrons. The van der Waals surface area contributed by atoms with Crippen molar-refractivity contribution in [1.29, 1.82) is 0 Å². The zero-order valence-corrected chi connectivity index (χ0v) is 12.6. The lowest BCUT2D eigenvalue weighted by molar-refractivity contribution is 0.0453. The van der Waals surface area contributed by atoms with Gasteiger partial charge in [0.05, 0.1) is 12.7 Å². The molecule has 0 heterocycles. The summed E-state index contributed by atoms with van der Waals surface area (Å²) in [5, 5.41) is 0. The summed E-state index contributed by atoms with van der Waals surface area (Å²) in [6.45, 7) is 3.11. The fraction of sp³-hybridized carbons (Fsp3) is 0.250. The Morgan fingerprint density at radius 1 is 1.11 bits per heavy atom. The van der Waals surface area contributed by atoms with Crippen LogP contribution >= 0.6 is 15.9 Å². The van der Waals surface area contributed by atoms with E-state index in [0.717, 1.165) is 15.6 Å². The van der Waals surface area contributed by atoms with Crippen LogP contribution in [0.25, 0.3) is 0 Å². The van der Waals surface area contributed by atoms with Gasteiger partial charge in [0, 0.05) is 11.0 Å². The molecule has 2 aromatic rings. The summed E-state index contributed by atoms with van der Waals surface area (Å²) in [6, 6.07) is 16.4. The highest BCUT2D eigenvalue weighted by molar-refractivity contribution is 9.10. The van der Waals surface area contributed by atoms with Gasteiger partial charge in [0.25, 0.3) is 0 Å². The van der Waals surface area contributed by atoms with E-state index in [2.05, 4.69) is 47.1 Å². The van der Waals surface area contributed by atoms with Crippen molar-refractivity contribution in [3.8, 4) is 0 Å².